The van der Waals surface area contributed by atoms with Crippen LogP contribution in [-0.4, -0.2) is 18.7 Å². The minimum atomic E-state index is -3.68. The Kier molecular flexibility index (Phi) is 4.87. The zero-order chi connectivity index (χ0) is 21.5. The van der Waals surface area contributed by atoms with E-state index in [1.807, 2.05) is 0 Å². The van der Waals surface area contributed by atoms with E-state index in [0.717, 1.165) is 27.7 Å². The number of aryl methyl sites for hydroxylation is 1. The molecule has 2 heterocycles. The maximum absolute atomic E-state index is 13.4. The van der Waals surface area contributed by atoms with Crippen molar-refractivity contribution in [2.45, 2.75) is 6.54 Å². The number of nitrogens with zero attached hydrogens (tertiary/aromatic N) is 2. The lowest BCUT2D eigenvalue weighted by Crippen LogP contribution is -2.16. The average molecular weight is 423 g/mol. The Morgan fingerprint density at radius 2 is 1.83 bits per heavy atom. The summed E-state index contributed by atoms with van der Waals surface area (Å²) in [5.74, 6) is -0.353. The van der Waals surface area contributed by atoms with Gasteiger partial charge >= 0.3 is 0 Å². The molecule has 4 rings (SSSR count). The highest BCUT2D eigenvalue weighted by atomic mass is 32.2. The van der Waals surface area contributed by atoms with E-state index in [1.165, 1.54) is 22.8 Å². The van der Waals surface area contributed by atoms with Crippen molar-refractivity contribution in [3.05, 3.63) is 99.6 Å². The van der Waals surface area contributed by atoms with Crippen LogP contribution < -0.4 is 10.3 Å². The molecule has 6 nitrogen and oxygen atoms in total. The van der Waals surface area contributed by atoms with Gasteiger partial charge in [0.25, 0.3) is 15.6 Å². The Balaban J connectivity index is 1.96. The second kappa shape index (κ2) is 7.38. The summed E-state index contributed by atoms with van der Waals surface area (Å²) in [6.07, 6.45) is 1.71. The molecule has 3 aromatic rings. The van der Waals surface area contributed by atoms with E-state index in [0.29, 0.717) is 17.0 Å². The number of hydrogen-bond donors (Lipinski definition) is 1. The molecule has 0 saturated carbocycles. The third-order valence-electron chi connectivity index (χ3n) is 4.88. The van der Waals surface area contributed by atoms with Gasteiger partial charge in [-0.3, -0.25) is 14.5 Å². The van der Waals surface area contributed by atoms with E-state index >= 15 is 0 Å². The summed E-state index contributed by atoms with van der Waals surface area (Å²) in [4.78, 5) is 16.9. The third kappa shape index (κ3) is 3.69. The number of rotatable bonds is 4. The third-order valence-corrected chi connectivity index (χ3v) is 5.84. The summed E-state index contributed by atoms with van der Waals surface area (Å²) >= 11 is 0. The number of pyridine rings is 1. The lowest BCUT2D eigenvalue weighted by atomic mass is 9.92. The minimum Gasteiger partial charge on any atom is -0.318 e. The van der Waals surface area contributed by atoms with Crippen LogP contribution in [-0.2, 0) is 23.6 Å². The first kappa shape index (κ1) is 19.8. The topological polar surface area (TPSA) is 80.5 Å². The zero-order valence-electron chi connectivity index (χ0n) is 16.1. The van der Waals surface area contributed by atoms with Crippen molar-refractivity contribution in [3.63, 3.8) is 0 Å². The molecule has 0 spiro atoms. The maximum Gasteiger partial charge on any atom is 0.254 e. The lowest BCUT2D eigenvalue weighted by molar-refractivity contribution is 0.609. The molecule has 0 radical (unpaired) electrons. The highest BCUT2D eigenvalue weighted by molar-refractivity contribution is 7.95. The van der Waals surface area contributed by atoms with Crippen LogP contribution in [0.5, 0.6) is 0 Å². The van der Waals surface area contributed by atoms with E-state index in [4.69, 9.17) is 0 Å². The van der Waals surface area contributed by atoms with Gasteiger partial charge in [0.1, 0.15) is 5.82 Å². The summed E-state index contributed by atoms with van der Waals surface area (Å²) in [6.45, 7) is 3.57. The van der Waals surface area contributed by atoms with Crippen LogP contribution in [0, 0.1) is 5.82 Å². The standard InChI is InChI=1S/C22H18FN3O3S/c1-3-30(28,29)25-17-8-9-18-19(11-17)20-13-26(2)21(27)10-15(20)12-24-22(18)14-4-6-16(23)7-5-14/h3-11,13,25H,1,12H2,2H3. The molecular formula is C22H18FN3O3S. The van der Waals surface area contributed by atoms with Gasteiger partial charge in [0, 0.05) is 47.1 Å². The Morgan fingerprint density at radius 1 is 1.10 bits per heavy atom. The minimum absolute atomic E-state index is 0.167. The Labute approximate surface area is 173 Å². The smallest absolute Gasteiger partial charge is 0.254 e. The van der Waals surface area contributed by atoms with E-state index in [9.17, 15) is 17.6 Å². The zero-order valence-corrected chi connectivity index (χ0v) is 16.9. The first-order chi connectivity index (χ1) is 14.3. The number of aromatic nitrogens is 1. The van der Waals surface area contributed by atoms with Crippen molar-refractivity contribution in [1.82, 2.24) is 4.57 Å². The van der Waals surface area contributed by atoms with Gasteiger partial charge in [-0.05, 0) is 47.5 Å². The number of anilines is 1. The molecule has 0 fully saturated rings. The summed E-state index contributed by atoms with van der Waals surface area (Å²) in [5.41, 5.74) is 4.50. The molecule has 0 bridgehead atoms. The highest BCUT2D eigenvalue weighted by Crippen LogP contribution is 2.34. The molecule has 0 amide bonds. The van der Waals surface area contributed by atoms with E-state index in [-0.39, 0.29) is 17.9 Å². The van der Waals surface area contributed by atoms with Crippen LogP contribution in [0.15, 0.2) is 76.5 Å². The number of aliphatic imine (C=N–C) groups is 1. The van der Waals surface area contributed by atoms with Crippen LogP contribution in [0.4, 0.5) is 10.1 Å². The van der Waals surface area contributed by atoms with E-state index < -0.39 is 10.0 Å². The van der Waals surface area contributed by atoms with Crippen molar-refractivity contribution in [2.75, 3.05) is 4.72 Å². The predicted octanol–water partition coefficient (Wildman–Crippen LogP) is 3.43. The van der Waals surface area contributed by atoms with Crippen LogP contribution >= 0.6 is 0 Å². The van der Waals surface area contributed by atoms with Crippen LogP contribution in [0.3, 0.4) is 0 Å². The Bertz CT molecular complexity index is 1360. The van der Waals surface area contributed by atoms with E-state index in [1.54, 1.807) is 43.6 Å². The molecule has 0 unspecified atom stereocenters. The van der Waals surface area contributed by atoms with Crippen molar-refractivity contribution in [2.24, 2.45) is 12.0 Å². The van der Waals surface area contributed by atoms with Gasteiger partial charge in [0.05, 0.1) is 12.3 Å². The second-order valence-corrected chi connectivity index (χ2v) is 8.53. The lowest BCUT2D eigenvalue weighted by Gasteiger charge is -2.15. The Morgan fingerprint density at radius 3 is 2.53 bits per heavy atom. The summed E-state index contributed by atoms with van der Waals surface area (Å²) < 4.78 is 41.2. The number of fused-ring (bicyclic) bond motifs is 3. The predicted molar refractivity (Wildman–Crippen MR) is 116 cm³/mol. The van der Waals surface area contributed by atoms with Crippen LogP contribution in [0.1, 0.15) is 16.7 Å². The SMILES string of the molecule is C=CS(=O)(=O)Nc1ccc2c(c1)-c1cn(C)c(=O)cc1CN=C2c1ccc(F)cc1. The highest BCUT2D eigenvalue weighted by Gasteiger charge is 2.21. The molecule has 30 heavy (non-hydrogen) atoms. The Hall–Kier alpha value is -3.52. The fraction of sp³-hybridized carbons (Fsp3) is 0.0909. The molecule has 2 aromatic carbocycles. The maximum atomic E-state index is 13.4. The van der Waals surface area contributed by atoms with Crippen molar-refractivity contribution in [1.29, 1.82) is 0 Å². The van der Waals surface area contributed by atoms with Gasteiger partial charge in [-0.25, -0.2) is 12.8 Å². The molecule has 1 aromatic heterocycles. The molecule has 152 valence electrons. The van der Waals surface area contributed by atoms with Crippen LogP contribution in [0.25, 0.3) is 11.1 Å². The molecule has 0 aliphatic carbocycles. The number of nitrogens with one attached hydrogen (secondary N) is 1. The second-order valence-electron chi connectivity index (χ2n) is 6.91. The van der Waals surface area contributed by atoms with E-state index in [2.05, 4.69) is 16.3 Å². The first-order valence-corrected chi connectivity index (χ1v) is 10.6. The largest absolute Gasteiger partial charge is 0.318 e. The average Bonchev–Trinajstić information content (AvgIpc) is 2.86. The van der Waals surface area contributed by atoms with Gasteiger partial charge in [0.2, 0.25) is 0 Å². The molecule has 1 N–H and O–H groups in total. The number of halogens is 1. The molecule has 1 aliphatic heterocycles. The van der Waals surface area contributed by atoms with Gasteiger partial charge in [-0.15, -0.1) is 0 Å². The van der Waals surface area contributed by atoms with Crippen molar-refractivity contribution >= 4 is 21.4 Å². The van der Waals surface area contributed by atoms with Gasteiger partial charge < -0.3 is 4.57 Å². The summed E-state index contributed by atoms with van der Waals surface area (Å²) in [5, 5.41) is 0.835. The first-order valence-electron chi connectivity index (χ1n) is 9.07. The van der Waals surface area contributed by atoms with Gasteiger partial charge in [-0.1, -0.05) is 12.6 Å². The number of sulfonamides is 1. The molecular weight excluding hydrogens is 405 g/mol. The quantitative estimate of drug-likeness (QED) is 0.698. The fourth-order valence-corrected chi connectivity index (χ4v) is 3.93. The number of benzene rings is 2. The monoisotopic (exact) mass is 423 g/mol. The fourth-order valence-electron chi connectivity index (χ4n) is 3.39. The normalized spacial score (nSPS) is 12.9. The van der Waals surface area contributed by atoms with Gasteiger partial charge in [0.15, 0.2) is 0 Å². The van der Waals surface area contributed by atoms with Crippen molar-refractivity contribution < 1.29 is 12.8 Å². The molecule has 8 heteroatoms. The van der Waals surface area contributed by atoms with Gasteiger partial charge in [-0.2, -0.15) is 0 Å². The molecule has 1 aliphatic rings. The van der Waals surface area contributed by atoms with Crippen LogP contribution in [0.2, 0.25) is 0 Å². The molecule has 0 saturated heterocycles. The van der Waals surface area contributed by atoms with Crippen molar-refractivity contribution in [3.8, 4) is 11.1 Å². The number of hydrogen-bond acceptors (Lipinski definition) is 4. The summed E-state index contributed by atoms with van der Waals surface area (Å²) in [7, 11) is -2.03. The summed E-state index contributed by atoms with van der Waals surface area (Å²) in [6, 6.07) is 12.6. The molecule has 0 atom stereocenters.